The lowest BCUT2D eigenvalue weighted by Crippen LogP contribution is -2.36. The maximum Gasteiger partial charge on any atom is 0.265 e. The van der Waals surface area contributed by atoms with E-state index in [9.17, 15) is 25.9 Å². The van der Waals surface area contributed by atoms with Gasteiger partial charge in [-0.2, -0.15) is 21.4 Å². The van der Waals surface area contributed by atoms with Crippen LogP contribution in [0.2, 0.25) is 0 Å². The average Bonchev–Trinajstić information content (AvgIpc) is 3.56. The first-order valence-electron chi connectivity index (χ1n) is 15.4. The minimum absolute atomic E-state index is 0.201. The number of hydrogen-bond donors (Lipinski definition) is 2. The van der Waals surface area contributed by atoms with Crippen molar-refractivity contribution in [3.63, 3.8) is 0 Å². The maximum atomic E-state index is 11.5. The van der Waals surface area contributed by atoms with Crippen LogP contribution in [0.5, 0.6) is 17.2 Å². The van der Waals surface area contributed by atoms with Gasteiger partial charge in [-0.25, -0.2) is 0 Å². The molecule has 0 unspecified atom stereocenters. The Morgan fingerprint density at radius 2 is 1.58 bits per heavy atom. The highest BCUT2D eigenvalue weighted by Crippen LogP contribution is 2.42. The highest BCUT2D eigenvalue weighted by atomic mass is 32.2. The zero-order valence-corrected chi connectivity index (χ0v) is 29.4. The lowest BCUT2D eigenvalue weighted by molar-refractivity contribution is -0.668. The molecular formula is C34H39N2O9S3+. The Labute approximate surface area is 285 Å². The fraction of sp³-hybridized carbons (Fsp3) is 0.324. The summed E-state index contributed by atoms with van der Waals surface area (Å²) in [5, 5.41) is 0.853. The number of unbranched alkanes of at least 4 members (excludes halogenated alkanes) is 1. The zero-order valence-electron chi connectivity index (χ0n) is 27.0. The van der Waals surface area contributed by atoms with Gasteiger partial charge in [0, 0.05) is 31.2 Å². The molecule has 11 nitrogen and oxygen atoms in total. The Bertz CT molecular complexity index is 2060. The molecule has 0 atom stereocenters. The molecule has 3 aromatic carbocycles. The van der Waals surface area contributed by atoms with Crippen LogP contribution in [-0.4, -0.2) is 58.2 Å². The van der Waals surface area contributed by atoms with Crippen molar-refractivity contribution in [1.82, 2.24) is 0 Å². The van der Waals surface area contributed by atoms with Gasteiger partial charge in [0.05, 0.1) is 37.5 Å². The number of hydrogen-bond acceptors (Lipinski definition) is 9. The van der Waals surface area contributed by atoms with E-state index in [2.05, 4.69) is 6.07 Å². The predicted molar refractivity (Wildman–Crippen MR) is 188 cm³/mol. The van der Waals surface area contributed by atoms with E-state index < -0.39 is 20.2 Å². The van der Waals surface area contributed by atoms with Crippen molar-refractivity contribution >= 4 is 53.6 Å². The molecule has 0 fully saturated rings. The standard InChI is InChI=1S/C34H38N2O9S3/c1-4-24(20-34-36(16-10-18-48(40,41)42)28-22-30(43-2)31(44-3)23-32(28)46-34)19-33-35(15-8-9-17-47(37,38)39)27-21-26(13-14-29(27)45-33)25-11-6-5-7-12-25/h5-7,11-14,19-23H,4,8-10,15-18H2,1-3H3,(H-,37,38,39,40,41,42)/p+1. The molecule has 0 saturated heterocycles. The highest BCUT2D eigenvalue weighted by molar-refractivity contribution is 7.86. The molecule has 256 valence electrons. The Morgan fingerprint density at radius 1 is 0.896 bits per heavy atom. The molecule has 1 aliphatic rings. The van der Waals surface area contributed by atoms with E-state index in [0.717, 1.165) is 37.6 Å². The van der Waals surface area contributed by atoms with Gasteiger partial charge >= 0.3 is 0 Å². The molecule has 1 aromatic heterocycles. The molecule has 2 heterocycles. The van der Waals surface area contributed by atoms with Gasteiger partial charge in [0.25, 0.3) is 25.2 Å². The number of ether oxygens (including phenoxy) is 3. The summed E-state index contributed by atoms with van der Waals surface area (Å²) >= 11 is 1.51. The van der Waals surface area contributed by atoms with Crippen LogP contribution in [0.25, 0.3) is 27.4 Å². The number of fused-ring (bicyclic) bond motifs is 2. The number of anilines is 1. The molecule has 0 aliphatic carbocycles. The summed E-state index contributed by atoms with van der Waals surface area (Å²) < 4.78 is 84.7. The fourth-order valence-electron chi connectivity index (χ4n) is 5.54. The maximum absolute atomic E-state index is 11.5. The molecule has 14 heteroatoms. The average molecular weight is 716 g/mol. The Morgan fingerprint density at radius 3 is 2.25 bits per heavy atom. The van der Waals surface area contributed by atoms with E-state index in [1.54, 1.807) is 14.2 Å². The molecule has 0 radical (unpaired) electrons. The van der Waals surface area contributed by atoms with Crippen LogP contribution in [0.3, 0.4) is 0 Å². The molecular weight excluding hydrogens is 677 g/mol. The van der Waals surface area contributed by atoms with Crippen LogP contribution in [-0.2, 0) is 26.8 Å². The van der Waals surface area contributed by atoms with Crippen LogP contribution in [0, 0.1) is 0 Å². The fourth-order valence-corrected chi connectivity index (χ4v) is 7.78. The lowest BCUT2D eigenvalue weighted by Gasteiger charge is -2.19. The van der Waals surface area contributed by atoms with Crippen molar-refractivity contribution < 1.29 is 44.7 Å². The molecule has 0 amide bonds. The number of aryl methyl sites for hydroxylation is 1. The van der Waals surface area contributed by atoms with E-state index in [1.807, 2.05) is 83.1 Å². The SMILES string of the molecule is CCC(/C=C1\Oc2ccc(-c3ccccc3)cc2N1CCCCS(=O)(=O)O)=C\c1sc2cc(OC)c(OC)cc2[n+]1CCCS(=O)(=O)O. The monoisotopic (exact) mass is 715 g/mol. The van der Waals surface area contributed by atoms with Crippen molar-refractivity contribution in [3.05, 3.63) is 83.2 Å². The second-order valence-corrected chi connectivity index (χ2v) is 15.5. The molecule has 1 aliphatic heterocycles. The van der Waals surface area contributed by atoms with E-state index in [0.29, 0.717) is 49.1 Å². The number of thiazole rings is 1. The van der Waals surface area contributed by atoms with Crippen molar-refractivity contribution in [2.45, 2.75) is 39.2 Å². The second kappa shape index (κ2) is 15.1. The summed E-state index contributed by atoms with van der Waals surface area (Å²) in [7, 11) is -5.08. The normalized spacial score (nSPS) is 14.4. The largest absolute Gasteiger partial charge is 0.493 e. The van der Waals surface area contributed by atoms with Gasteiger partial charge in [0.2, 0.25) is 11.4 Å². The van der Waals surface area contributed by atoms with Gasteiger partial charge in [-0.1, -0.05) is 54.7 Å². The quantitative estimate of drug-likeness (QED) is 0.0812. The number of benzene rings is 3. The van der Waals surface area contributed by atoms with Gasteiger partial charge in [-0.3, -0.25) is 9.11 Å². The molecule has 2 N–H and O–H groups in total. The molecule has 4 aromatic rings. The molecule has 0 bridgehead atoms. The van der Waals surface area contributed by atoms with E-state index in [4.69, 9.17) is 14.2 Å². The number of aromatic nitrogens is 1. The Balaban J connectivity index is 1.54. The van der Waals surface area contributed by atoms with E-state index >= 15 is 0 Å². The number of allylic oxidation sites excluding steroid dienone is 2. The summed E-state index contributed by atoms with van der Waals surface area (Å²) in [5.41, 5.74) is 4.68. The van der Waals surface area contributed by atoms with Crippen molar-refractivity contribution in [2.24, 2.45) is 0 Å². The van der Waals surface area contributed by atoms with Gasteiger partial charge in [-0.15, -0.1) is 0 Å². The van der Waals surface area contributed by atoms with Crippen molar-refractivity contribution in [2.75, 3.05) is 37.2 Å². The van der Waals surface area contributed by atoms with Crippen LogP contribution in [0.1, 0.15) is 37.6 Å². The second-order valence-electron chi connectivity index (χ2n) is 11.3. The first-order valence-corrected chi connectivity index (χ1v) is 19.5. The number of methoxy groups -OCH3 is 2. The number of rotatable bonds is 15. The van der Waals surface area contributed by atoms with Crippen molar-refractivity contribution in [1.29, 1.82) is 0 Å². The summed E-state index contributed by atoms with van der Waals surface area (Å²) in [5.74, 6) is 1.67. The Hall–Kier alpha value is -3.95. The van der Waals surface area contributed by atoms with Crippen LogP contribution in [0.15, 0.2) is 78.2 Å². The van der Waals surface area contributed by atoms with Gasteiger partial charge < -0.3 is 19.1 Å². The third kappa shape index (κ3) is 8.74. The molecule has 5 rings (SSSR count). The van der Waals surface area contributed by atoms with Crippen LogP contribution >= 0.6 is 11.3 Å². The van der Waals surface area contributed by atoms with Crippen molar-refractivity contribution in [3.8, 4) is 28.4 Å². The molecule has 0 spiro atoms. The summed E-state index contributed by atoms with van der Waals surface area (Å²) in [6, 6.07) is 19.7. The smallest absolute Gasteiger partial charge is 0.265 e. The Kier molecular flexibility index (Phi) is 11.1. The van der Waals surface area contributed by atoms with E-state index in [1.165, 1.54) is 11.3 Å². The first-order chi connectivity index (χ1) is 22.9. The third-order valence-electron chi connectivity index (χ3n) is 7.92. The van der Waals surface area contributed by atoms with Crippen LogP contribution in [0.4, 0.5) is 5.69 Å². The summed E-state index contributed by atoms with van der Waals surface area (Å²) in [6.45, 7) is 2.82. The minimum atomic E-state index is -4.13. The van der Waals surface area contributed by atoms with Gasteiger partial charge in [0.1, 0.15) is 4.70 Å². The lowest BCUT2D eigenvalue weighted by atomic mass is 10.0. The third-order valence-corrected chi connectivity index (χ3v) is 10.6. The summed E-state index contributed by atoms with van der Waals surface area (Å²) in [6.07, 6.45) is 5.61. The molecule has 0 saturated carbocycles. The highest BCUT2D eigenvalue weighted by Gasteiger charge is 2.28. The first kappa shape index (κ1) is 35.4. The van der Waals surface area contributed by atoms with E-state index in [-0.39, 0.29) is 24.3 Å². The molecule has 48 heavy (non-hydrogen) atoms. The minimum Gasteiger partial charge on any atom is -0.493 e. The predicted octanol–water partition coefficient (Wildman–Crippen LogP) is 6.35. The van der Waals surface area contributed by atoms with Crippen LogP contribution < -0.4 is 23.7 Å². The van der Waals surface area contributed by atoms with Gasteiger partial charge in [-0.05, 0) is 48.1 Å². The topological polar surface area (TPSA) is 144 Å². The number of nitrogens with zero attached hydrogens (tertiary/aromatic N) is 2. The summed E-state index contributed by atoms with van der Waals surface area (Å²) in [4.78, 5) is 2.02. The van der Waals surface area contributed by atoms with Gasteiger partial charge in [0.15, 0.2) is 23.8 Å². The zero-order chi connectivity index (χ0) is 34.5.